The van der Waals surface area contributed by atoms with Crippen molar-refractivity contribution in [3.63, 3.8) is 0 Å². The van der Waals surface area contributed by atoms with E-state index in [1.54, 1.807) is 19.2 Å². The van der Waals surface area contributed by atoms with Crippen LogP contribution < -0.4 is 4.74 Å². The minimum Gasteiger partial charge on any atom is -0.496 e. The van der Waals surface area contributed by atoms with Crippen LogP contribution in [-0.2, 0) is 6.54 Å². The summed E-state index contributed by atoms with van der Waals surface area (Å²) in [5.41, 5.74) is 5.31. The van der Waals surface area contributed by atoms with Gasteiger partial charge in [0, 0.05) is 47.3 Å². The maximum atomic E-state index is 11.4. The number of methoxy groups -OCH3 is 1. The third-order valence-electron chi connectivity index (χ3n) is 8.06. The summed E-state index contributed by atoms with van der Waals surface area (Å²) >= 11 is 0. The van der Waals surface area contributed by atoms with E-state index in [-0.39, 0.29) is 11.6 Å². The molecular weight excluding hydrogens is 414 g/mol. The Kier molecular flexibility index (Phi) is 5.67. The van der Waals surface area contributed by atoms with Gasteiger partial charge in [-0.15, -0.1) is 0 Å². The Morgan fingerprint density at radius 2 is 2.00 bits per heavy atom. The van der Waals surface area contributed by atoms with Crippen LogP contribution in [0.2, 0.25) is 0 Å². The van der Waals surface area contributed by atoms with Gasteiger partial charge >= 0.3 is 5.97 Å². The molecule has 3 heterocycles. The van der Waals surface area contributed by atoms with E-state index >= 15 is 0 Å². The topological polar surface area (TPSA) is 68.8 Å². The van der Waals surface area contributed by atoms with Crippen molar-refractivity contribution in [2.24, 2.45) is 0 Å². The van der Waals surface area contributed by atoms with Gasteiger partial charge in [0.05, 0.1) is 12.7 Å². The summed E-state index contributed by atoms with van der Waals surface area (Å²) in [6.07, 6.45) is 6.69. The second-order valence-corrected chi connectivity index (χ2v) is 9.76. The van der Waals surface area contributed by atoms with Gasteiger partial charge in [-0.1, -0.05) is 12.1 Å². The number of aromatic amines is 1. The maximum Gasteiger partial charge on any atom is 0.335 e. The molecular formula is C27H33N3O3. The molecule has 2 aliphatic heterocycles. The van der Waals surface area contributed by atoms with E-state index in [1.807, 2.05) is 18.3 Å². The van der Waals surface area contributed by atoms with Crippen LogP contribution in [0.25, 0.3) is 10.9 Å². The average molecular weight is 448 g/mol. The van der Waals surface area contributed by atoms with Crippen molar-refractivity contribution in [3.05, 3.63) is 64.8 Å². The number of fused-ring (bicyclic) bond motifs is 1. The van der Waals surface area contributed by atoms with Gasteiger partial charge in [0.1, 0.15) is 5.75 Å². The number of aromatic nitrogens is 1. The molecule has 0 amide bonds. The Bertz CT molecular complexity index is 1170. The Balaban J connectivity index is 1.53. The Morgan fingerprint density at radius 3 is 2.67 bits per heavy atom. The van der Waals surface area contributed by atoms with Crippen LogP contribution >= 0.6 is 0 Å². The van der Waals surface area contributed by atoms with E-state index in [2.05, 4.69) is 40.9 Å². The van der Waals surface area contributed by atoms with E-state index in [9.17, 15) is 9.90 Å². The molecule has 1 unspecified atom stereocenters. The van der Waals surface area contributed by atoms with Crippen LogP contribution in [-0.4, -0.2) is 58.6 Å². The molecule has 2 atom stereocenters. The van der Waals surface area contributed by atoms with Crippen molar-refractivity contribution >= 4 is 16.9 Å². The molecule has 0 aliphatic carbocycles. The van der Waals surface area contributed by atoms with Crippen LogP contribution in [0.3, 0.4) is 0 Å². The van der Waals surface area contributed by atoms with Gasteiger partial charge in [-0.25, -0.2) is 4.79 Å². The molecule has 2 aromatic carbocycles. The number of likely N-dealkylation sites (tertiary alicyclic amines) is 2. The fourth-order valence-electron chi connectivity index (χ4n) is 6.10. The van der Waals surface area contributed by atoms with Crippen molar-refractivity contribution in [2.45, 2.75) is 50.7 Å². The molecule has 174 valence electrons. The van der Waals surface area contributed by atoms with Crippen molar-refractivity contribution in [1.82, 2.24) is 14.8 Å². The number of carboxylic acids is 1. The van der Waals surface area contributed by atoms with Crippen molar-refractivity contribution in [2.75, 3.05) is 27.2 Å². The molecule has 0 bridgehead atoms. The van der Waals surface area contributed by atoms with Gasteiger partial charge in [0.15, 0.2) is 0 Å². The van der Waals surface area contributed by atoms with E-state index in [4.69, 9.17) is 4.74 Å². The fourth-order valence-corrected chi connectivity index (χ4v) is 6.10. The number of carbonyl (C=O) groups is 1. The summed E-state index contributed by atoms with van der Waals surface area (Å²) in [5.74, 6) is 0.0473. The number of hydrogen-bond donors (Lipinski definition) is 2. The van der Waals surface area contributed by atoms with Crippen molar-refractivity contribution in [3.8, 4) is 5.75 Å². The first kappa shape index (κ1) is 22.0. The molecule has 6 nitrogen and oxygen atoms in total. The highest BCUT2D eigenvalue weighted by Crippen LogP contribution is 2.46. The lowest BCUT2D eigenvalue weighted by Crippen LogP contribution is -2.51. The molecule has 33 heavy (non-hydrogen) atoms. The molecule has 2 aliphatic rings. The fraction of sp³-hybridized carbons (Fsp3) is 0.444. The molecule has 1 spiro atoms. The number of aromatic carboxylic acids is 1. The number of H-pyrrole nitrogens is 1. The van der Waals surface area contributed by atoms with Crippen molar-refractivity contribution < 1.29 is 14.6 Å². The third-order valence-corrected chi connectivity index (χ3v) is 8.06. The van der Waals surface area contributed by atoms with Gasteiger partial charge in [-0.2, -0.15) is 0 Å². The second-order valence-electron chi connectivity index (χ2n) is 9.76. The Hall–Kier alpha value is -2.83. The minimum absolute atomic E-state index is 0.224. The lowest BCUT2D eigenvalue weighted by molar-refractivity contribution is 0.0236. The number of piperidine rings is 1. The normalized spacial score (nSPS) is 24.0. The zero-order valence-electron chi connectivity index (χ0n) is 19.7. The molecule has 0 saturated carbocycles. The van der Waals surface area contributed by atoms with Gasteiger partial charge < -0.3 is 19.7 Å². The molecule has 2 fully saturated rings. The quantitative estimate of drug-likeness (QED) is 0.577. The van der Waals surface area contributed by atoms with Gasteiger partial charge in [-0.3, -0.25) is 4.90 Å². The minimum atomic E-state index is -0.881. The van der Waals surface area contributed by atoms with Gasteiger partial charge in [0.2, 0.25) is 0 Å². The summed E-state index contributed by atoms with van der Waals surface area (Å²) in [4.78, 5) is 19.9. The number of benzene rings is 2. The zero-order valence-corrected chi connectivity index (χ0v) is 19.7. The predicted octanol–water partition coefficient (Wildman–Crippen LogP) is 4.98. The number of rotatable bonds is 5. The molecule has 5 rings (SSSR count). The summed E-state index contributed by atoms with van der Waals surface area (Å²) in [6.45, 7) is 5.06. The van der Waals surface area contributed by atoms with E-state index in [1.165, 1.54) is 34.9 Å². The Labute approximate surface area is 195 Å². The van der Waals surface area contributed by atoms with Gasteiger partial charge in [0.25, 0.3) is 0 Å². The summed E-state index contributed by atoms with van der Waals surface area (Å²) in [5, 5.41) is 10.6. The third kappa shape index (κ3) is 3.81. The number of ether oxygens (including phenoxy) is 1. The predicted molar refractivity (Wildman–Crippen MR) is 130 cm³/mol. The molecule has 1 aromatic heterocycles. The smallest absolute Gasteiger partial charge is 0.335 e. The number of nitrogens with one attached hydrogen (secondary N) is 1. The van der Waals surface area contributed by atoms with Crippen LogP contribution in [0.4, 0.5) is 0 Å². The largest absolute Gasteiger partial charge is 0.496 e. The molecule has 0 radical (unpaired) electrons. The standard InChI is InChI=1S/C27H33N3O3/c1-18-15-24(33-3)22(21-9-12-28-25(18)21)17-30-14-11-27(10-4-13-29(27)2)16-23(30)19-5-7-20(8-6-19)26(31)32/h5-9,12,15,23,28H,4,10-11,13-14,16-17H2,1-3H3,(H,31,32)/t23-,27?/m0/s1. The van der Waals surface area contributed by atoms with Crippen LogP contribution in [0, 0.1) is 6.92 Å². The summed E-state index contributed by atoms with van der Waals surface area (Å²) in [6, 6.07) is 12.0. The monoisotopic (exact) mass is 447 g/mol. The van der Waals surface area contributed by atoms with E-state index < -0.39 is 5.97 Å². The highest BCUT2D eigenvalue weighted by Gasteiger charge is 2.45. The first-order valence-corrected chi connectivity index (χ1v) is 11.8. The second kappa shape index (κ2) is 8.50. The summed E-state index contributed by atoms with van der Waals surface area (Å²) < 4.78 is 5.82. The first-order valence-electron chi connectivity index (χ1n) is 11.8. The van der Waals surface area contributed by atoms with Gasteiger partial charge in [-0.05, 0) is 81.6 Å². The Morgan fingerprint density at radius 1 is 1.21 bits per heavy atom. The van der Waals surface area contributed by atoms with Crippen molar-refractivity contribution in [1.29, 1.82) is 0 Å². The van der Waals surface area contributed by atoms with Crippen LogP contribution in [0.5, 0.6) is 5.75 Å². The highest BCUT2D eigenvalue weighted by molar-refractivity contribution is 5.88. The molecule has 2 N–H and O–H groups in total. The van der Waals surface area contributed by atoms with E-state index in [0.29, 0.717) is 5.56 Å². The zero-order chi connectivity index (χ0) is 23.2. The lowest BCUT2D eigenvalue weighted by atomic mass is 9.78. The molecule has 6 heteroatoms. The molecule has 2 saturated heterocycles. The van der Waals surface area contributed by atoms with Crippen LogP contribution in [0.1, 0.15) is 58.8 Å². The average Bonchev–Trinajstić information content (AvgIpc) is 3.44. The number of hydrogen-bond acceptors (Lipinski definition) is 4. The summed E-state index contributed by atoms with van der Waals surface area (Å²) in [7, 11) is 4.01. The number of carboxylic acid groups (broad SMARTS) is 1. The maximum absolute atomic E-state index is 11.4. The molecule has 3 aromatic rings. The van der Waals surface area contributed by atoms with Crippen LogP contribution in [0.15, 0.2) is 42.6 Å². The first-order chi connectivity index (χ1) is 15.9. The number of nitrogens with zero attached hydrogens (tertiary/aromatic N) is 2. The number of aryl methyl sites for hydroxylation is 1. The highest BCUT2D eigenvalue weighted by atomic mass is 16.5. The SMILES string of the molecule is COc1cc(C)c2[nH]ccc2c1CN1CCC2(CCCN2C)C[C@H]1c1ccc(C(=O)O)cc1. The lowest BCUT2D eigenvalue weighted by Gasteiger charge is -2.48. The van der Waals surface area contributed by atoms with E-state index in [0.717, 1.165) is 43.7 Å².